The van der Waals surface area contributed by atoms with Crippen molar-refractivity contribution in [1.29, 1.82) is 0 Å². The van der Waals surface area contributed by atoms with Crippen LogP contribution >= 0.6 is 0 Å². The number of nitrogens with one attached hydrogen (secondary N) is 1. The Bertz CT molecular complexity index is 563. The van der Waals surface area contributed by atoms with Gasteiger partial charge < -0.3 is 5.32 Å². The molecule has 1 atom stereocenters. The highest BCUT2D eigenvalue weighted by Gasteiger charge is 2.31. The van der Waals surface area contributed by atoms with E-state index < -0.39 is 10.0 Å². The number of hydrogen-bond donors (Lipinski definition) is 1. The summed E-state index contributed by atoms with van der Waals surface area (Å²) < 4.78 is 27.5. The standard InChI is InChI=1S/C15H24N2O2S/c1-4-17(14-6-5-9-16-11-14)20(18,19)15-10-12(2)7-8-13(15)3/h7-8,10,14,16H,4-6,9,11H2,1-3H3. The molecule has 1 saturated heterocycles. The Kier molecular flexibility index (Phi) is 4.83. The van der Waals surface area contributed by atoms with Crippen molar-refractivity contribution >= 4 is 10.0 Å². The molecular formula is C15H24N2O2S. The summed E-state index contributed by atoms with van der Waals surface area (Å²) in [6.07, 6.45) is 1.97. The summed E-state index contributed by atoms with van der Waals surface area (Å²) >= 11 is 0. The van der Waals surface area contributed by atoms with Crippen molar-refractivity contribution < 1.29 is 8.42 Å². The molecule has 0 amide bonds. The van der Waals surface area contributed by atoms with E-state index in [2.05, 4.69) is 5.32 Å². The molecule has 0 aliphatic carbocycles. The summed E-state index contributed by atoms with van der Waals surface area (Å²) in [5.41, 5.74) is 1.80. The Morgan fingerprint density at radius 2 is 2.10 bits per heavy atom. The highest BCUT2D eigenvalue weighted by Crippen LogP contribution is 2.24. The van der Waals surface area contributed by atoms with Crippen LogP contribution in [0, 0.1) is 13.8 Å². The number of likely N-dealkylation sites (N-methyl/N-ethyl adjacent to an activating group) is 1. The van der Waals surface area contributed by atoms with Crippen molar-refractivity contribution in [2.45, 2.75) is 44.6 Å². The van der Waals surface area contributed by atoms with Gasteiger partial charge in [0.05, 0.1) is 4.90 Å². The van der Waals surface area contributed by atoms with Crippen LogP contribution in [0.5, 0.6) is 0 Å². The third-order valence-corrected chi connectivity index (χ3v) is 6.09. The largest absolute Gasteiger partial charge is 0.315 e. The van der Waals surface area contributed by atoms with Crippen molar-refractivity contribution in [2.24, 2.45) is 0 Å². The quantitative estimate of drug-likeness (QED) is 0.925. The first-order valence-electron chi connectivity index (χ1n) is 7.26. The minimum atomic E-state index is -3.41. The lowest BCUT2D eigenvalue weighted by Crippen LogP contribution is -2.48. The van der Waals surface area contributed by atoms with Crippen LogP contribution in [0.3, 0.4) is 0 Å². The summed E-state index contributed by atoms with van der Waals surface area (Å²) in [6, 6.07) is 5.68. The van der Waals surface area contributed by atoms with Crippen LogP contribution in [0.2, 0.25) is 0 Å². The number of aryl methyl sites for hydroxylation is 2. The fourth-order valence-electron chi connectivity index (χ4n) is 2.82. The van der Waals surface area contributed by atoms with Gasteiger partial charge in [0.2, 0.25) is 10.0 Å². The van der Waals surface area contributed by atoms with Gasteiger partial charge >= 0.3 is 0 Å². The van der Waals surface area contributed by atoms with Gasteiger partial charge in [0.1, 0.15) is 0 Å². The average molecular weight is 296 g/mol. The molecule has 1 heterocycles. The summed E-state index contributed by atoms with van der Waals surface area (Å²) in [6.45, 7) is 7.95. The highest BCUT2D eigenvalue weighted by atomic mass is 32.2. The lowest BCUT2D eigenvalue weighted by atomic mass is 10.1. The van der Waals surface area contributed by atoms with E-state index in [0.29, 0.717) is 11.4 Å². The van der Waals surface area contributed by atoms with Gasteiger partial charge in [-0.1, -0.05) is 19.1 Å². The SMILES string of the molecule is CCN(C1CCCNC1)S(=O)(=O)c1cc(C)ccc1C. The van der Waals surface area contributed by atoms with Crippen molar-refractivity contribution in [3.63, 3.8) is 0 Å². The summed E-state index contributed by atoms with van der Waals surface area (Å²) in [5, 5.41) is 3.29. The maximum absolute atomic E-state index is 12.9. The third kappa shape index (κ3) is 3.05. The first kappa shape index (κ1) is 15.5. The van der Waals surface area contributed by atoms with Gasteiger partial charge in [-0.05, 0) is 50.4 Å². The van der Waals surface area contributed by atoms with Crippen LogP contribution in [0.15, 0.2) is 23.1 Å². The van der Waals surface area contributed by atoms with Crippen LogP contribution in [-0.2, 0) is 10.0 Å². The van der Waals surface area contributed by atoms with E-state index in [0.717, 1.165) is 37.1 Å². The molecule has 0 aromatic heterocycles. The minimum Gasteiger partial charge on any atom is -0.315 e. The molecule has 1 N–H and O–H groups in total. The molecule has 112 valence electrons. The Hall–Kier alpha value is -0.910. The minimum absolute atomic E-state index is 0.0682. The van der Waals surface area contributed by atoms with Crippen molar-refractivity contribution in [3.05, 3.63) is 29.3 Å². The second-order valence-electron chi connectivity index (χ2n) is 5.48. The first-order valence-corrected chi connectivity index (χ1v) is 8.70. The number of sulfonamides is 1. The molecule has 0 saturated carbocycles. The van der Waals surface area contributed by atoms with Crippen LogP contribution in [0.4, 0.5) is 0 Å². The predicted molar refractivity (Wildman–Crippen MR) is 81.4 cm³/mol. The molecule has 1 unspecified atom stereocenters. The predicted octanol–water partition coefficient (Wildman–Crippen LogP) is 2.07. The van der Waals surface area contributed by atoms with Crippen molar-refractivity contribution in [3.8, 4) is 0 Å². The molecule has 5 heteroatoms. The zero-order valence-corrected chi connectivity index (χ0v) is 13.3. The van der Waals surface area contributed by atoms with Gasteiger partial charge in [0.15, 0.2) is 0 Å². The second-order valence-corrected chi connectivity index (χ2v) is 7.34. The summed E-state index contributed by atoms with van der Waals surface area (Å²) in [7, 11) is -3.41. The van der Waals surface area contributed by atoms with E-state index in [1.54, 1.807) is 10.4 Å². The zero-order chi connectivity index (χ0) is 14.8. The van der Waals surface area contributed by atoms with Crippen LogP contribution in [0.1, 0.15) is 30.9 Å². The van der Waals surface area contributed by atoms with Gasteiger partial charge in [0.25, 0.3) is 0 Å². The maximum Gasteiger partial charge on any atom is 0.243 e. The molecule has 0 bridgehead atoms. The van der Waals surface area contributed by atoms with E-state index in [-0.39, 0.29) is 6.04 Å². The maximum atomic E-state index is 12.9. The van der Waals surface area contributed by atoms with Gasteiger partial charge in [-0.25, -0.2) is 8.42 Å². The van der Waals surface area contributed by atoms with Crippen LogP contribution < -0.4 is 5.32 Å². The second kappa shape index (κ2) is 6.24. The Balaban J connectivity index is 2.38. The lowest BCUT2D eigenvalue weighted by molar-refractivity contribution is 0.274. The molecule has 4 nitrogen and oxygen atoms in total. The number of hydrogen-bond acceptors (Lipinski definition) is 3. The molecule has 1 aliphatic heterocycles. The van der Waals surface area contributed by atoms with E-state index in [9.17, 15) is 8.42 Å². The molecule has 20 heavy (non-hydrogen) atoms. The van der Waals surface area contributed by atoms with Crippen molar-refractivity contribution in [2.75, 3.05) is 19.6 Å². The molecule has 1 aliphatic rings. The molecular weight excluding hydrogens is 272 g/mol. The highest BCUT2D eigenvalue weighted by molar-refractivity contribution is 7.89. The first-order chi connectivity index (χ1) is 9.46. The molecule has 0 spiro atoms. The monoisotopic (exact) mass is 296 g/mol. The third-order valence-electron chi connectivity index (χ3n) is 3.92. The zero-order valence-electron chi connectivity index (χ0n) is 12.5. The Morgan fingerprint density at radius 1 is 1.35 bits per heavy atom. The van der Waals surface area contributed by atoms with Crippen LogP contribution in [0.25, 0.3) is 0 Å². The topological polar surface area (TPSA) is 49.4 Å². The van der Waals surface area contributed by atoms with Crippen molar-refractivity contribution in [1.82, 2.24) is 9.62 Å². The molecule has 2 rings (SSSR count). The Labute approximate surface area is 122 Å². The molecule has 1 aromatic rings. The molecule has 1 aromatic carbocycles. The normalized spacial score (nSPS) is 20.3. The van der Waals surface area contributed by atoms with Gasteiger partial charge in [-0.15, -0.1) is 0 Å². The number of rotatable bonds is 4. The van der Waals surface area contributed by atoms with E-state index in [1.807, 2.05) is 32.9 Å². The smallest absolute Gasteiger partial charge is 0.243 e. The van der Waals surface area contributed by atoms with Gasteiger partial charge in [-0.3, -0.25) is 0 Å². The lowest BCUT2D eigenvalue weighted by Gasteiger charge is -2.33. The van der Waals surface area contributed by atoms with Gasteiger partial charge in [0, 0.05) is 19.1 Å². The van der Waals surface area contributed by atoms with Gasteiger partial charge in [-0.2, -0.15) is 4.31 Å². The number of nitrogens with zero attached hydrogens (tertiary/aromatic N) is 1. The number of piperidine rings is 1. The Morgan fingerprint density at radius 3 is 2.70 bits per heavy atom. The summed E-state index contributed by atoms with van der Waals surface area (Å²) in [5.74, 6) is 0. The fraction of sp³-hybridized carbons (Fsp3) is 0.600. The molecule has 0 radical (unpaired) electrons. The fourth-order valence-corrected chi connectivity index (χ4v) is 4.79. The van der Waals surface area contributed by atoms with E-state index in [1.165, 1.54) is 0 Å². The summed E-state index contributed by atoms with van der Waals surface area (Å²) in [4.78, 5) is 0.449. The number of benzene rings is 1. The van der Waals surface area contributed by atoms with E-state index in [4.69, 9.17) is 0 Å². The molecule has 1 fully saturated rings. The average Bonchev–Trinajstić information content (AvgIpc) is 2.43. The van der Waals surface area contributed by atoms with Crippen LogP contribution in [-0.4, -0.2) is 38.4 Å². The van der Waals surface area contributed by atoms with E-state index >= 15 is 0 Å².